The first-order valence-corrected chi connectivity index (χ1v) is 7.76. The molecule has 1 unspecified atom stereocenters. The van der Waals surface area contributed by atoms with Gasteiger partial charge in [0, 0.05) is 27.2 Å². The molecule has 0 saturated carbocycles. The molecule has 5 heteroatoms. The van der Waals surface area contributed by atoms with Gasteiger partial charge in [-0.1, -0.05) is 23.7 Å². The van der Waals surface area contributed by atoms with E-state index in [9.17, 15) is 4.79 Å². The Morgan fingerprint density at radius 3 is 2.90 bits per heavy atom. The summed E-state index contributed by atoms with van der Waals surface area (Å²) in [6, 6.07) is 7.49. The zero-order valence-electron chi connectivity index (χ0n) is 12.7. The average molecular weight is 311 g/mol. The number of likely N-dealkylation sites (tertiary alicyclic amines) is 1. The van der Waals surface area contributed by atoms with Crippen LogP contribution in [-0.2, 0) is 4.79 Å². The number of benzene rings is 1. The van der Waals surface area contributed by atoms with Crippen molar-refractivity contribution in [3.05, 3.63) is 29.3 Å². The van der Waals surface area contributed by atoms with E-state index < -0.39 is 0 Å². The molecule has 0 spiro atoms. The summed E-state index contributed by atoms with van der Waals surface area (Å²) in [6.45, 7) is 3.26. The van der Waals surface area contributed by atoms with E-state index in [2.05, 4.69) is 4.90 Å². The third-order valence-corrected chi connectivity index (χ3v) is 4.11. The lowest BCUT2D eigenvalue weighted by Crippen LogP contribution is -2.43. The molecule has 1 atom stereocenters. The van der Waals surface area contributed by atoms with Crippen molar-refractivity contribution in [2.75, 3.05) is 40.3 Å². The van der Waals surface area contributed by atoms with Crippen LogP contribution >= 0.6 is 11.6 Å². The van der Waals surface area contributed by atoms with Gasteiger partial charge in [0.05, 0.1) is 10.9 Å². The van der Waals surface area contributed by atoms with E-state index in [1.807, 2.05) is 38.4 Å². The van der Waals surface area contributed by atoms with E-state index in [0.717, 1.165) is 38.2 Å². The number of carbonyl (C=O) groups excluding carboxylic acids is 1. The Balaban J connectivity index is 1.78. The molecule has 1 aromatic rings. The second-order valence-electron chi connectivity index (χ2n) is 5.65. The summed E-state index contributed by atoms with van der Waals surface area (Å²) in [5, 5.41) is 0.636. The standard InChI is InChI=1S/C16H23ClN2O2/c1-18(2)16(20)13-6-5-9-19(12-13)10-11-21-15-8-4-3-7-14(15)17/h3-4,7-8,13H,5-6,9-12H2,1-2H3. The molecule has 1 amide bonds. The predicted molar refractivity (Wildman–Crippen MR) is 84.8 cm³/mol. The van der Waals surface area contributed by atoms with Gasteiger partial charge in [0.15, 0.2) is 0 Å². The maximum atomic E-state index is 12.0. The third-order valence-electron chi connectivity index (χ3n) is 3.80. The Hall–Kier alpha value is -1.26. The molecule has 1 heterocycles. The molecule has 4 nitrogen and oxygen atoms in total. The Labute approximate surface area is 131 Å². The van der Waals surface area contributed by atoms with Crippen LogP contribution < -0.4 is 4.74 Å². The number of para-hydroxylation sites is 1. The molecular formula is C16H23ClN2O2. The minimum absolute atomic E-state index is 0.120. The fourth-order valence-electron chi connectivity index (χ4n) is 2.67. The van der Waals surface area contributed by atoms with Gasteiger partial charge >= 0.3 is 0 Å². The fourth-order valence-corrected chi connectivity index (χ4v) is 2.86. The minimum atomic E-state index is 0.120. The summed E-state index contributed by atoms with van der Waals surface area (Å²) in [6.07, 6.45) is 2.05. The molecule has 0 N–H and O–H groups in total. The number of ether oxygens (including phenoxy) is 1. The van der Waals surface area contributed by atoms with Crippen LogP contribution in [0, 0.1) is 5.92 Å². The number of piperidine rings is 1. The molecular weight excluding hydrogens is 288 g/mol. The molecule has 21 heavy (non-hydrogen) atoms. The van der Waals surface area contributed by atoms with Crippen molar-refractivity contribution in [1.82, 2.24) is 9.80 Å². The van der Waals surface area contributed by atoms with Crippen LogP contribution in [-0.4, -0.2) is 56.0 Å². The Bertz CT molecular complexity index is 479. The van der Waals surface area contributed by atoms with Crippen LogP contribution in [0.2, 0.25) is 5.02 Å². The van der Waals surface area contributed by atoms with Gasteiger partial charge in [0.25, 0.3) is 0 Å². The third kappa shape index (κ3) is 4.61. The maximum absolute atomic E-state index is 12.0. The van der Waals surface area contributed by atoms with Crippen molar-refractivity contribution in [2.45, 2.75) is 12.8 Å². The van der Waals surface area contributed by atoms with Gasteiger partial charge in [-0.2, -0.15) is 0 Å². The molecule has 2 rings (SSSR count). The maximum Gasteiger partial charge on any atom is 0.226 e. The van der Waals surface area contributed by atoms with Gasteiger partial charge in [0.2, 0.25) is 5.91 Å². The van der Waals surface area contributed by atoms with Gasteiger partial charge in [-0.05, 0) is 31.5 Å². The number of halogens is 1. The number of amides is 1. The van der Waals surface area contributed by atoms with E-state index in [4.69, 9.17) is 16.3 Å². The van der Waals surface area contributed by atoms with Crippen molar-refractivity contribution >= 4 is 17.5 Å². The molecule has 0 aromatic heterocycles. The summed E-state index contributed by atoms with van der Waals surface area (Å²) >= 11 is 6.06. The van der Waals surface area contributed by atoms with Gasteiger partial charge in [-0.15, -0.1) is 0 Å². The van der Waals surface area contributed by atoms with Crippen LogP contribution in [0.25, 0.3) is 0 Å². The molecule has 1 saturated heterocycles. The highest BCUT2D eigenvalue weighted by Crippen LogP contribution is 2.23. The predicted octanol–water partition coefficient (Wildman–Crippen LogP) is 2.52. The van der Waals surface area contributed by atoms with Crippen molar-refractivity contribution in [3.8, 4) is 5.75 Å². The van der Waals surface area contributed by atoms with Gasteiger partial charge < -0.3 is 9.64 Å². The Morgan fingerprint density at radius 2 is 2.19 bits per heavy atom. The van der Waals surface area contributed by atoms with Crippen molar-refractivity contribution in [3.63, 3.8) is 0 Å². The molecule has 116 valence electrons. The molecule has 0 aliphatic carbocycles. The zero-order chi connectivity index (χ0) is 15.2. The second kappa shape index (κ2) is 7.66. The van der Waals surface area contributed by atoms with E-state index in [1.165, 1.54) is 0 Å². The summed E-state index contributed by atoms with van der Waals surface area (Å²) in [5.74, 6) is 1.07. The summed E-state index contributed by atoms with van der Waals surface area (Å²) in [7, 11) is 3.64. The van der Waals surface area contributed by atoms with Crippen molar-refractivity contribution < 1.29 is 9.53 Å². The lowest BCUT2D eigenvalue weighted by atomic mass is 9.97. The largest absolute Gasteiger partial charge is 0.491 e. The highest BCUT2D eigenvalue weighted by atomic mass is 35.5. The molecule has 1 fully saturated rings. The number of hydrogen-bond donors (Lipinski definition) is 0. The Kier molecular flexibility index (Phi) is 5.88. The van der Waals surface area contributed by atoms with Crippen LogP contribution in [0.15, 0.2) is 24.3 Å². The topological polar surface area (TPSA) is 32.8 Å². The molecule has 0 radical (unpaired) electrons. The monoisotopic (exact) mass is 310 g/mol. The van der Waals surface area contributed by atoms with E-state index in [0.29, 0.717) is 11.6 Å². The lowest BCUT2D eigenvalue weighted by Gasteiger charge is -2.33. The normalized spacial score (nSPS) is 19.3. The summed E-state index contributed by atoms with van der Waals surface area (Å²) in [4.78, 5) is 16.0. The fraction of sp³-hybridized carbons (Fsp3) is 0.562. The summed E-state index contributed by atoms with van der Waals surface area (Å²) in [5.41, 5.74) is 0. The number of carbonyl (C=O) groups is 1. The summed E-state index contributed by atoms with van der Waals surface area (Å²) < 4.78 is 5.71. The van der Waals surface area contributed by atoms with Gasteiger partial charge in [-0.3, -0.25) is 9.69 Å². The molecule has 1 aliphatic heterocycles. The van der Waals surface area contributed by atoms with E-state index >= 15 is 0 Å². The first kappa shape index (κ1) is 16.1. The molecule has 1 aliphatic rings. The average Bonchev–Trinajstić information content (AvgIpc) is 2.48. The quantitative estimate of drug-likeness (QED) is 0.838. The minimum Gasteiger partial charge on any atom is -0.491 e. The smallest absolute Gasteiger partial charge is 0.226 e. The SMILES string of the molecule is CN(C)C(=O)C1CCCN(CCOc2ccccc2Cl)C1. The van der Waals surface area contributed by atoms with Gasteiger partial charge in [0.1, 0.15) is 12.4 Å². The lowest BCUT2D eigenvalue weighted by molar-refractivity contribution is -0.134. The first-order chi connectivity index (χ1) is 10.1. The van der Waals surface area contributed by atoms with E-state index in [-0.39, 0.29) is 11.8 Å². The highest BCUT2D eigenvalue weighted by molar-refractivity contribution is 6.32. The molecule has 1 aromatic carbocycles. The van der Waals surface area contributed by atoms with Gasteiger partial charge in [-0.25, -0.2) is 0 Å². The number of nitrogens with zero attached hydrogens (tertiary/aromatic N) is 2. The number of rotatable bonds is 5. The Morgan fingerprint density at radius 1 is 1.43 bits per heavy atom. The van der Waals surface area contributed by atoms with Crippen LogP contribution in [0.1, 0.15) is 12.8 Å². The van der Waals surface area contributed by atoms with Crippen LogP contribution in [0.4, 0.5) is 0 Å². The number of hydrogen-bond acceptors (Lipinski definition) is 3. The second-order valence-corrected chi connectivity index (χ2v) is 6.06. The molecule has 0 bridgehead atoms. The highest BCUT2D eigenvalue weighted by Gasteiger charge is 2.26. The zero-order valence-corrected chi connectivity index (χ0v) is 13.5. The van der Waals surface area contributed by atoms with Crippen molar-refractivity contribution in [1.29, 1.82) is 0 Å². The van der Waals surface area contributed by atoms with E-state index in [1.54, 1.807) is 4.90 Å². The van der Waals surface area contributed by atoms with Crippen molar-refractivity contribution in [2.24, 2.45) is 5.92 Å². The first-order valence-electron chi connectivity index (χ1n) is 7.39. The van der Waals surface area contributed by atoms with Crippen LogP contribution in [0.3, 0.4) is 0 Å². The van der Waals surface area contributed by atoms with Crippen LogP contribution in [0.5, 0.6) is 5.75 Å².